The average Bonchev–Trinajstić information content (AvgIpc) is 3.03. The van der Waals surface area contributed by atoms with Crippen LogP contribution in [0.4, 0.5) is 10.1 Å². The van der Waals surface area contributed by atoms with Gasteiger partial charge in [-0.15, -0.1) is 0 Å². The highest BCUT2D eigenvalue weighted by Crippen LogP contribution is 2.40. The van der Waals surface area contributed by atoms with Crippen molar-refractivity contribution in [3.63, 3.8) is 0 Å². The van der Waals surface area contributed by atoms with E-state index in [1.165, 1.54) is 12.1 Å². The third kappa shape index (κ3) is 2.31. The summed E-state index contributed by atoms with van der Waals surface area (Å²) in [4.78, 5) is 23.7. The molecule has 0 saturated carbocycles. The van der Waals surface area contributed by atoms with E-state index in [0.29, 0.717) is 11.3 Å². The van der Waals surface area contributed by atoms with Crippen LogP contribution in [0.1, 0.15) is 5.56 Å². The van der Waals surface area contributed by atoms with Crippen molar-refractivity contribution in [2.45, 2.75) is 19.1 Å². The zero-order chi connectivity index (χ0) is 15.1. The number of nitrogens with one attached hydrogen (secondary N) is 1. The normalized spacial score (nSPS) is 29.6. The maximum Gasteiger partial charge on any atom is 0.310 e. The largest absolute Gasteiger partial charge is 0.481 e. The molecule has 3 rings (SSSR count). The summed E-state index contributed by atoms with van der Waals surface area (Å²) in [6, 6.07) is 4.07. The van der Waals surface area contributed by atoms with Crippen LogP contribution in [-0.2, 0) is 14.3 Å². The molecule has 0 radical (unpaired) electrons. The van der Waals surface area contributed by atoms with Crippen molar-refractivity contribution >= 4 is 17.6 Å². The molecule has 2 bridgehead atoms. The fourth-order valence-electron chi connectivity index (χ4n) is 2.86. The van der Waals surface area contributed by atoms with Crippen LogP contribution in [0, 0.1) is 24.6 Å². The molecule has 0 spiro atoms. The van der Waals surface area contributed by atoms with E-state index in [1.54, 1.807) is 25.1 Å². The Kier molecular flexibility index (Phi) is 3.25. The number of hydrogen-bond acceptors (Lipinski definition) is 3. The molecule has 6 heteroatoms. The molecule has 1 aromatic rings. The van der Waals surface area contributed by atoms with Gasteiger partial charge in [0.05, 0.1) is 18.1 Å². The molecule has 1 fully saturated rings. The first-order chi connectivity index (χ1) is 9.97. The van der Waals surface area contributed by atoms with Crippen LogP contribution < -0.4 is 5.32 Å². The van der Waals surface area contributed by atoms with Crippen molar-refractivity contribution in [1.82, 2.24) is 0 Å². The molecule has 0 aliphatic carbocycles. The first kappa shape index (κ1) is 13.8. The van der Waals surface area contributed by atoms with Crippen molar-refractivity contribution in [2.24, 2.45) is 11.8 Å². The predicted molar refractivity (Wildman–Crippen MR) is 72.2 cm³/mol. The number of aliphatic carboxylic acids is 1. The molecule has 1 amide bonds. The molecule has 0 unspecified atom stereocenters. The van der Waals surface area contributed by atoms with Gasteiger partial charge in [0.1, 0.15) is 11.7 Å². The van der Waals surface area contributed by atoms with Crippen LogP contribution in [0.5, 0.6) is 0 Å². The maximum atomic E-state index is 13.2. The van der Waals surface area contributed by atoms with E-state index >= 15 is 0 Å². The van der Waals surface area contributed by atoms with E-state index in [9.17, 15) is 19.1 Å². The summed E-state index contributed by atoms with van der Waals surface area (Å²) in [6.07, 6.45) is 2.26. The van der Waals surface area contributed by atoms with Crippen LogP contribution in [0.15, 0.2) is 30.4 Å². The van der Waals surface area contributed by atoms with Gasteiger partial charge < -0.3 is 15.2 Å². The zero-order valence-corrected chi connectivity index (χ0v) is 11.2. The minimum absolute atomic E-state index is 0.343. The summed E-state index contributed by atoms with van der Waals surface area (Å²) in [5.74, 6) is -3.71. The van der Waals surface area contributed by atoms with E-state index in [2.05, 4.69) is 5.32 Å². The maximum absolute atomic E-state index is 13.2. The molecule has 21 heavy (non-hydrogen) atoms. The summed E-state index contributed by atoms with van der Waals surface area (Å²) < 4.78 is 18.7. The van der Waals surface area contributed by atoms with E-state index in [-0.39, 0.29) is 0 Å². The number of carboxylic acid groups (broad SMARTS) is 1. The van der Waals surface area contributed by atoms with Gasteiger partial charge in [-0.05, 0) is 24.6 Å². The minimum Gasteiger partial charge on any atom is -0.481 e. The van der Waals surface area contributed by atoms with E-state index in [1.807, 2.05) is 0 Å². The Labute approximate surface area is 120 Å². The number of carboxylic acids is 1. The standard InChI is InChI=1S/C15H14FNO4/c1-7-2-3-8(16)6-9(7)17-14(18)12-10-4-5-11(21-10)13(12)15(19)20/h2-6,10-13H,1H3,(H,17,18)(H,19,20)/t10-,11-,12+,13+/m1/s1. The molecule has 5 nitrogen and oxygen atoms in total. The molecule has 2 aliphatic rings. The molecular weight excluding hydrogens is 277 g/mol. The first-order valence-electron chi connectivity index (χ1n) is 6.61. The molecule has 2 heterocycles. The Hall–Kier alpha value is -2.21. The van der Waals surface area contributed by atoms with Crippen LogP contribution in [0.3, 0.4) is 0 Å². The lowest BCUT2D eigenvalue weighted by molar-refractivity contribution is -0.145. The third-order valence-corrected chi connectivity index (χ3v) is 3.94. The van der Waals surface area contributed by atoms with E-state index in [0.717, 1.165) is 0 Å². The molecule has 110 valence electrons. The van der Waals surface area contributed by atoms with Crippen molar-refractivity contribution < 1.29 is 23.8 Å². The number of carbonyl (C=O) groups is 2. The molecule has 1 saturated heterocycles. The van der Waals surface area contributed by atoms with Crippen molar-refractivity contribution in [3.8, 4) is 0 Å². The number of fused-ring (bicyclic) bond motifs is 2. The topological polar surface area (TPSA) is 75.6 Å². The van der Waals surface area contributed by atoms with Gasteiger partial charge in [0.15, 0.2) is 0 Å². The zero-order valence-electron chi connectivity index (χ0n) is 11.2. The van der Waals surface area contributed by atoms with Gasteiger partial charge in [0, 0.05) is 5.69 Å². The summed E-state index contributed by atoms with van der Waals surface area (Å²) in [5.41, 5.74) is 1.05. The molecule has 2 aliphatic heterocycles. The fraction of sp³-hybridized carbons (Fsp3) is 0.333. The van der Waals surface area contributed by atoms with E-state index < -0.39 is 41.7 Å². The average molecular weight is 291 g/mol. The fourth-order valence-corrected chi connectivity index (χ4v) is 2.86. The number of ether oxygens (including phenoxy) is 1. The number of anilines is 1. The Morgan fingerprint density at radius 2 is 1.90 bits per heavy atom. The number of benzene rings is 1. The number of aryl methyl sites for hydroxylation is 1. The highest BCUT2D eigenvalue weighted by atomic mass is 19.1. The second-order valence-corrected chi connectivity index (χ2v) is 5.29. The highest BCUT2D eigenvalue weighted by Gasteiger charge is 2.53. The number of rotatable bonds is 3. The Morgan fingerprint density at radius 3 is 2.57 bits per heavy atom. The van der Waals surface area contributed by atoms with Gasteiger partial charge in [-0.2, -0.15) is 0 Å². The second kappa shape index (κ2) is 4.96. The van der Waals surface area contributed by atoms with Gasteiger partial charge in [-0.3, -0.25) is 9.59 Å². The number of amides is 1. The van der Waals surface area contributed by atoms with Crippen LogP contribution >= 0.6 is 0 Å². The molecule has 2 N–H and O–H groups in total. The number of halogens is 1. The lowest BCUT2D eigenvalue weighted by Crippen LogP contribution is -2.39. The molecule has 1 aromatic carbocycles. The number of carbonyl (C=O) groups excluding carboxylic acids is 1. The van der Waals surface area contributed by atoms with Crippen molar-refractivity contribution in [3.05, 3.63) is 41.7 Å². The summed E-state index contributed by atoms with van der Waals surface area (Å²) in [5, 5.41) is 11.9. The van der Waals surface area contributed by atoms with Crippen LogP contribution in [-0.4, -0.2) is 29.2 Å². The van der Waals surface area contributed by atoms with Crippen LogP contribution in [0.2, 0.25) is 0 Å². The van der Waals surface area contributed by atoms with Crippen LogP contribution in [0.25, 0.3) is 0 Å². The Bertz CT molecular complexity index is 643. The minimum atomic E-state index is -1.07. The molecular formula is C15H14FNO4. The summed E-state index contributed by atoms with van der Waals surface area (Å²) >= 11 is 0. The molecule has 4 atom stereocenters. The lowest BCUT2D eigenvalue weighted by Gasteiger charge is -2.21. The second-order valence-electron chi connectivity index (χ2n) is 5.29. The smallest absolute Gasteiger partial charge is 0.310 e. The molecule has 0 aromatic heterocycles. The quantitative estimate of drug-likeness (QED) is 0.832. The summed E-state index contributed by atoms with van der Waals surface area (Å²) in [6.45, 7) is 1.74. The SMILES string of the molecule is Cc1ccc(F)cc1NC(=O)[C@@H]1[C@@H](C(=O)O)[C@H]2C=C[C@H]1O2. The predicted octanol–water partition coefficient (Wildman–Crippen LogP) is 1.73. The lowest BCUT2D eigenvalue weighted by atomic mass is 9.82. The van der Waals surface area contributed by atoms with Gasteiger partial charge in [-0.1, -0.05) is 18.2 Å². The van der Waals surface area contributed by atoms with Crippen molar-refractivity contribution in [1.29, 1.82) is 0 Å². The Balaban J connectivity index is 1.83. The third-order valence-electron chi connectivity index (χ3n) is 3.94. The van der Waals surface area contributed by atoms with Gasteiger partial charge in [-0.25, -0.2) is 4.39 Å². The Morgan fingerprint density at radius 1 is 1.24 bits per heavy atom. The highest BCUT2D eigenvalue weighted by molar-refractivity contribution is 5.97. The van der Waals surface area contributed by atoms with E-state index in [4.69, 9.17) is 4.74 Å². The summed E-state index contributed by atoms with van der Waals surface area (Å²) in [7, 11) is 0. The van der Waals surface area contributed by atoms with Crippen molar-refractivity contribution in [2.75, 3.05) is 5.32 Å². The van der Waals surface area contributed by atoms with Gasteiger partial charge >= 0.3 is 5.97 Å². The van der Waals surface area contributed by atoms with Gasteiger partial charge in [0.25, 0.3) is 0 Å². The monoisotopic (exact) mass is 291 g/mol. The van der Waals surface area contributed by atoms with Gasteiger partial charge in [0.2, 0.25) is 5.91 Å². The first-order valence-corrected chi connectivity index (χ1v) is 6.61. The number of hydrogen-bond donors (Lipinski definition) is 2.